The highest BCUT2D eigenvalue weighted by atomic mass is 19.1. The Bertz CT molecular complexity index is 435. The molecule has 0 aliphatic rings. The van der Waals surface area contributed by atoms with Gasteiger partial charge in [0, 0.05) is 13.0 Å². The largest absolute Gasteiger partial charge is 0.330 e. The lowest BCUT2D eigenvalue weighted by Gasteiger charge is -1.97. The number of hydrogen-bond acceptors (Lipinski definition) is 2. The number of nitrogens with two attached hydrogens (primary N) is 1. The van der Waals surface area contributed by atoms with Crippen LogP contribution in [0.15, 0.2) is 18.2 Å². The van der Waals surface area contributed by atoms with Crippen molar-refractivity contribution in [2.24, 2.45) is 5.73 Å². The predicted octanol–water partition coefficient (Wildman–Crippen LogP) is 1.59. The van der Waals surface area contributed by atoms with Crippen LogP contribution in [0.5, 0.6) is 0 Å². The fraction of sp³-hybridized carbons (Fsp3) is 0.250. The van der Waals surface area contributed by atoms with E-state index in [2.05, 4.69) is 11.8 Å². The SMILES string of the molecule is N#CCc1ccc(F)c(C#CCCN)c1. The Kier molecular flexibility index (Phi) is 4.34. The summed E-state index contributed by atoms with van der Waals surface area (Å²) in [5, 5.41) is 8.50. The maximum Gasteiger partial charge on any atom is 0.138 e. The quantitative estimate of drug-likeness (QED) is 0.740. The lowest BCUT2D eigenvalue weighted by atomic mass is 10.1. The number of hydrogen-bond donors (Lipinski definition) is 1. The average molecular weight is 202 g/mol. The van der Waals surface area contributed by atoms with Gasteiger partial charge in [0.1, 0.15) is 5.82 Å². The molecular formula is C12H11FN2. The second-order valence-electron chi connectivity index (χ2n) is 2.99. The zero-order valence-electron chi connectivity index (χ0n) is 8.26. The molecule has 3 heteroatoms. The summed E-state index contributed by atoms with van der Waals surface area (Å²) in [7, 11) is 0. The molecule has 2 nitrogen and oxygen atoms in total. The van der Waals surface area contributed by atoms with Crippen LogP contribution in [0.3, 0.4) is 0 Å². The number of rotatable bonds is 2. The molecule has 0 saturated carbocycles. The predicted molar refractivity (Wildman–Crippen MR) is 56.3 cm³/mol. The highest BCUT2D eigenvalue weighted by Crippen LogP contribution is 2.09. The van der Waals surface area contributed by atoms with E-state index in [0.29, 0.717) is 18.5 Å². The molecule has 0 aromatic heterocycles. The molecule has 15 heavy (non-hydrogen) atoms. The first-order valence-electron chi connectivity index (χ1n) is 4.62. The second kappa shape index (κ2) is 5.80. The Labute approximate surface area is 88.5 Å². The van der Waals surface area contributed by atoms with Gasteiger partial charge < -0.3 is 5.73 Å². The molecule has 0 aliphatic carbocycles. The highest BCUT2D eigenvalue weighted by molar-refractivity contribution is 5.39. The maximum atomic E-state index is 13.2. The van der Waals surface area contributed by atoms with Gasteiger partial charge in [-0.25, -0.2) is 4.39 Å². The van der Waals surface area contributed by atoms with E-state index in [4.69, 9.17) is 11.0 Å². The van der Waals surface area contributed by atoms with Gasteiger partial charge in [-0.15, -0.1) is 0 Å². The van der Waals surface area contributed by atoms with E-state index in [-0.39, 0.29) is 12.2 Å². The van der Waals surface area contributed by atoms with Crippen LogP contribution >= 0.6 is 0 Å². The molecule has 0 bridgehead atoms. The third-order valence-electron chi connectivity index (χ3n) is 1.81. The van der Waals surface area contributed by atoms with Gasteiger partial charge >= 0.3 is 0 Å². The fourth-order valence-electron chi connectivity index (χ4n) is 1.10. The topological polar surface area (TPSA) is 49.8 Å². The Morgan fingerprint density at radius 3 is 2.87 bits per heavy atom. The Hall–Kier alpha value is -1.84. The lowest BCUT2D eigenvalue weighted by Crippen LogP contribution is -1.95. The molecule has 76 valence electrons. The van der Waals surface area contributed by atoms with Crippen LogP contribution in [0.2, 0.25) is 0 Å². The smallest absolute Gasteiger partial charge is 0.138 e. The molecule has 0 radical (unpaired) electrons. The Morgan fingerprint density at radius 2 is 2.20 bits per heavy atom. The third-order valence-corrected chi connectivity index (χ3v) is 1.81. The number of nitrogens with zero attached hydrogens (tertiary/aromatic N) is 1. The molecular weight excluding hydrogens is 191 g/mol. The van der Waals surface area contributed by atoms with Gasteiger partial charge in [0.25, 0.3) is 0 Å². The zero-order valence-corrected chi connectivity index (χ0v) is 8.26. The summed E-state index contributed by atoms with van der Waals surface area (Å²) >= 11 is 0. The van der Waals surface area contributed by atoms with Gasteiger partial charge in [-0.2, -0.15) is 5.26 Å². The Balaban J connectivity index is 2.92. The number of halogens is 1. The van der Waals surface area contributed by atoms with Crippen LogP contribution in [0.4, 0.5) is 4.39 Å². The second-order valence-corrected chi connectivity index (χ2v) is 2.99. The molecule has 0 saturated heterocycles. The molecule has 0 unspecified atom stereocenters. The van der Waals surface area contributed by atoms with Crippen LogP contribution in [0, 0.1) is 29.0 Å². The van der Waals surface area contributed by atoms with Crippen molar-refractivity contribution in [3.05, 3.63) is 35.1 Å². The van der Waals surface area contributed by atoms with E-state index in [1.54, 1.807) is 12.1 Å². The van der Waals surface area contributed by atoms with Crippen LogP contribution in [-0.2, 0) is 6.42 Å². The van der Waals surface area contributed by atoms with Gasteiger partial charge in [0.2, 0.25) is 0 Å². The molecule has 0 spiro atoms. The van der Waals surface area contributed by atoms with Crippen molar-refractivity contribution in [3.8, 4) is 17.9 Å². The molecule has 2 N–H and O–H groups in total. The molecule has 0 amide bonds. The molecule has 0 aliphatic heterocycles. The average Bonchev–Trinajstić information content (AvgIpc) is 2.23. The van der Waals surface area contributed by atoms with Gasteiger partial charge in [-0.3, -0.25) is 0 Å². The minimum absolute atomic E-state index is 0.270. The van der Waals surface area contributed by atoms with E-state index >= 15 is 0 Å². The van der Waals surface area contributed by atoms with Crippen LogP contribution in [0.25, 0.3) is 0 Å². The summed E-state index contributed by atoms with van der Waals surface area (Å²) in [5.74, 6) is 5.10. The summed E-state index contributed by atoms with van der Waals surface area (Å²) in [6.07, 6.45) is 0.813. The van der Waals surface area contributed by atoms with Crippen molar-refractivity contribution in [3.63, 3.8) is 0 Å². The summed E-state index contributed by atoms with van der Waals surface area (Å²) in [6.45, 7) is 0.465. The normalized spacial score (nSPS) is 8.87. The first-order valence-corrected chi connectivity index (χ1v) is 4.62. The maximum absolute atomic E-state index is 13.2. The van der Waals surface area contributed by atoms with Crippen LogP contribution in [-0.4, -0.2) is 6.54 Å². The fourth-order valence-corrected chi connectivity index (χ4v) is 1.10. The summed E-state index contributed by atoms with van der Waals surface area (Å²) in [6, 6.07) is 6.53. The highest BCUT2D eigenvalue weighted by Gasteiger charge is 2.00. The van der Waals surface area contributed by atoms with Crippen molar-refractivity contribution in [1.82, 2.24) is 0 Å². The van der Waals surface area contributed by atoms with Crippen molar-refractivity contribution in [1.29, 1.82) is 5.26 Å². The van der Waals surface area contributed by atoms with Gasteiger partial charge in [-0.05, 0) is 17.7 Å². The first kappa shape index (κ1) is 11.2. The van der Waals surface area contributed by atoms with Gasteiger partial charge in [0.05, 0.1) is 18.1 Å². The van der Waals surface area contributed by atoms with Crippen molar-refractivity contribution >= 4 is 0 Å². The van der Waals surface area contributed by atoms with Crippen molar-refractivity contribution in [2.45, 2.75) is 12.8 Å². The van der Waals surface area contributed by atoms with Gasteiger partial charge in [0.15, 0.2) is 0 Å². The summed E-state index contributed by atoms with van der Waals surface area (Å²) in [4.78, 5) is 0. The lowest BCUT2D eigenvalue weighted by molar-refractivity contribution is 0.623. The van der Waals surface area contributed by atoms with E-state index in [0.717, 1.165) is 5.56 Å². The van der Waals surface area contributed by atoms with E-state index < -0.39 is 0 Å². The minimum atomic E-state index is -0.360. The molecule has 1 rings (SSSR count). The molecule has 1 aromatic rings. The number of benzene rings is 1. The first-order chi connectivity index (χ1) is 7.27. The number of nitriles is 1. The van der Waals surface area contributed by atoms with Crippen LogP contribution < -0.4 is 5.73 Å². The Morgan fingerprint density at radius 1 is 1.40 bits per heavy atom. The van der Waals surface area contributed by atoms with Gasteiger partial charge in [-0.1, -0.05) is 17.9 Å². The minimum Gasteiger partial charge on any atom is -0.330 e. The van der Waals surface area contributed by atoms with Crippen LogP contribution in [0.1, 0.15) is 17.5 Å². The monoisotopic (exact) mass is 202 g/mol. The molecule has 0 atom stereocenters. The molecule has 0 heterocycles. The van der Waals surface area contributed by atoms with E-state index in [1.807, 2.05) is 6.07 Å². The summed E-state index contributed by atoms with van der Waals surface area (Å²) < 4.78 is 13.2. The summed E-state index contributed by atoms with van der Waals surface area (Å²) in [5.41, 5.74) is 6.37. The van der Waals surface area contributed by atoms with Crippen molar-refractivity contribution < 1.29 is 4.39 Å². The molecule has 1 aromatic carbocycles. The van der Waals surface area contributed by atoms with Crippen molar-refractivity contribution in [2.75, 3.05) is 6.54 Å². The molecule has 0 fully saturated rings. The third kappa shape index (κ3) is 3.42. The van der Waals surface area contributed by atoms with E-state index in [1.165, 1.54) is 6.07 Å². The zero-order chi connectivity index (χ0) is 11.1. The standard InChI is InChI=1S/C12H11FN2/c13-12-5-4-10(6-8-15)9-11(12)3-1-2-7-14/h4-5,9H,2,6-7,14H2. The van der Waals surface area contributed by atoms with E-state index in [9.17, 15) is 4.39 Å².